The minimum absolute atomic E-state index is 0.00769. The summed E-state index contributed by atoms with van der Waals surface area (Å²) in [6, 6.07) is 5.95. The summed E-state index contributed by atoms with van der Waals surface area (Å²) in [5.41, 5.74) is 2.40. The molecule has 2 heteroatoms. The number of hydrogen-bond acceptors (Lipinski definition) is 1. The molecule has 1 aromatic carbocycles. The van der Waals surface area contributed by atoms with Gasteiger partial charge in [0.1, 0.15) is 0 Å². The Balaban J connectivity index is 2.98. The standard InChI is InChI=1S/C14H17NO/c1-9-8-15-13(16)10-6-5-7-11(12(9)10)14(2,3)4/h5-8H,1-4H3,(H,15,16). The quantitative estimate of drug-likeness (QED) is 0.719. The van der Waals surface area contributed by atoms with Gasteiger partial charge < -0.3 is 4.98 Å². The van der Waals surface area contributed by atoms with Crippen LogP contribution in [0.15, 0.2) is 29.2 Å². The predicted molar refractivity (Wildman–Crippen MR) is 68.0 cm³/mol. The van der Waals surface area contributed by atoms with Crippen LogP contribution in [0.25, 0.3) is 10.8 Å². The summed E-state index contributed by atoms with van der Waals surface area (Å²) in [4.78, 5) is 14.5. The summed E-state index contributed by atoms with van der Waals surface area (Å²) >= 11 is 0. The van der Waals surface area contributed by atoms with Gasteiger partial charge in [-0.05, 0) is 34.9 Å². The summed E-state index contributed by atoms with van der Waals surface area (Å²) in [6.45, 7) is 8.54. The average molecular weight is 215 g/mol. The molecule has 2 aromatic rings. The van der Waals surface area contributed by atoms with Crippen molar-refractivity contribution in [3.8, 4) is 0 Å². The minimum atomic E-state index is -0.00769. The smallest absolute Gasteiger partial charge is 0.255 e. The van der Waals surface area contributed by atoms with Gasteiger partial charge in [-0.1, -0.05) is 32.9 Å². The van der Waals surface area contributed by atoms with Gasteiger partial charge in [0.15, 0.2) is 0 Å². The number of aromatic amines is 1. The van der Waals surface area contributed by atoms with Crippen molar-refractivity contribution in [2.24, 2.45) is 0 Å². The molecule has 0 saturated heterocycles. The van der Waals surface area contributed by atoms with E-state index in [-0.39, 0.29) is 11.0 Å². The monoisotopic (exact) mass is 215 g/mol. The highest BCUT2D eigenvalue weighted by Crippen LogP contribution is 2.30. The second-order valence-electron chi connectivity index (χ2n) is 5.28. The van der Waals surface area contributed by atoms with Crippen LogP contribution in [0.1, 0.15) is 31.9 Å². The van der Waals surface area contributed by atoms with E-state index >= 15 is 0 Å². The molecule has 0 aliphatic heterocycles. The summed E-state index contributed by atoms with van der Waals surface area (Å²) in [5, 5.41) is 1.88. The number of rotatable bonds is 0. The van der Waals surface area contributed by atoms with Crippen LogP contribution in [0.5, 0.6) is 0 Å². The molecule has 0 aliphatic rings. The van der Waals surface area contributed by atoms with Gasteiger partial charge >= 0.3 is 0 Å². The lowest BCUT2D eigenvalue weighted by atomic mass is 9.83. The summed E-state index contributed by atoms with van der Waals surface area (Å²) < 4.78 is 0. The van der Waals surface area contributed by atoms with Crippen LogP contribution >= 0.6 is 0 Å². The highest BCUT2D eigenvalue weighted by molar-refractivity contribution is 5.88. The van der Waals surface area contributed by atoms with E-state index < -0.39 is 0 Å². The highest BCUT2D eigenvalue weighted by Gasteiger charge is 2.18. The minimum Gasteiger partial charge on any atom is -0.328 e. The van der Waals surface area contributed by atoms with Crippen LogP contribution in [-0.4, -0.2) is 4.98 Å². The molecular formula is C14H17NO. The first-order chi connectivity index (χ1) is 7.41. The van der Waals surface area contributed by atoms with E-state index in [1.807, 2.05) is 19.1 Å². The third-order valence-electron chi connectivity index (χ3n) is 2.93. The number of nitrogens with one attached hydrogen (secondary N) is 1. The largest absolute Gasteiger partial charge is 0.328 e. The number of benzene rings is 1. The fourth-order valence-electron chi connectivity index (χ4n) is 2.12. The zero-order chi connectivity index (χ0) is 11.9. The number of pyridine rings is 1. The Morgan fingerprint density at radius 2 is 1.88 bits per heavy atom. The zero-order valence-electron chi connectivity index (χ0n) is 10.2. The van der Waals surface area contributed by atoms with E-state index in [1.54, 1.807) is 6.20 Å². The molecule has 0 spiro atoms. The van der Waals surface area contributed by atoms with E-state index in [1.165, 1.54) is 5.56 Å². The van der Waals surface area contributed by atoms with Crippen LogP contribution in [0.3, 0.4) is 0 Å². The Kier molecular flexibility index (Phi) is 2.38. The molecule has 0 atom stereocenters. The third kappa shape index (κ3) is 1.64. The molecule has 0 saturated carbocycles. The molecule has 0 fully saturated rings. The van der Waals surface area contributed by atoms with Crippen molar-refractivity contribution in [1.29, 1.82) is 0 Å². The predicted octanol–water partition coefficient (Wildman–Crippen LogP) is 3.13. The Hall–Kier alpha value is -1.57. The maximum atomic E-state index is 11.8. The first kappa shape index (κ1) is 10.9. The Bertz CT molecular complexity index is 588. The maximum absolute atomic E-state index is 11.8. The molecule has 0 amide bonds. The van der Waals surface area contributed by atoms with Crippen LogP contribution in [0, 0.1) is 6.92 Å². The number of H-pyrrole nitrogens is 1. The summed E-state index contributed by atoms with van der Waals surface area (Å²) in [7, 11) is 0. The fraction of sp³-hybridized carbons (Fsp3) is 0.357. The summed E-state index contributed by atoms with van der Waals surface area (Å²) in [6.07, 6.45) is 1.79. The molecule has 1 aromatic heterocycles. The van der Waals surface area contributed by atoms with Crippen molar-refractivity contribution in [3.05, 3.63) is 45.9 Å². The topological polar surface area (TPSA) is 32.9 Å². The second-order valence-corrected chi connectivity index (χ2v) is 5.28. The van der Waals surface area contributed by atoms with E-state index in [2.05, 4.69) is 31.8 Å². The molecule has 0 radical (unpaired) electrons. The van der Waals surface area contributed by atoms with Crippen molar-refractivity contribution < 1.29 is 0 Å². The van der Waals surface area contributed by atoms with Gasteiger partial charge in [0.05, 0.1) is 0 Å². The van der Waals surface area contributed by atoms with Gasteiger partial charge in [-0.2, -0.15) is 0 Å². The molecule has 2 rings (SSSR count). The molecular weight excluding hydrogens is 198 g/mol. The van der Waals surface area contributed by atoms with Crippen molar-refractivity contribution in [1.82, 2.24) is 4.98 Å². The fourth-order valence-corrected chi connectivity index (χ4v) is 2.12. The van der Waals surface area contributed by atoms with Gasteiger partial charge in [-0.3, -0.25) is 4.79 Å². The highest BCUT2D eigenvalue weighted by atomic mass is 16.1. The molecule has 84 valence electrons. The number of aryl methyl sites for hydroxylation is 1. The van der Waals surface area contributed by atoms with Crippen LogP contribution in [-0.2, 0) is 5.41 Å². The zero-order valence-corrected chi connectivity index (χ0v) is 10.2. The van der Waals surface area contributed by atoms with Crippen molar-refractivity contribution in [3.63, 3.8) is 0 Å². The lowest BCUT2D eigenvalue weighted by Gasteiger charge is -2.22. The van der Waals surface area contributed by atoms with Gasteiger partial charge in [-0.15, -0.1) is 0 Å². The summed E-state index contributed by atoms with van der Waals surface area (Å²) in [5.74, 6) is 0. The van der Waals surface area contributed by atoms with Crippen molar-refractivity contribution >= 4 is 10.8 Å². The molecule has 1 N–H and O–H groups in total. The Labute approximate surface area is 95.3 Å². The second kappa shape index (κ2) is 3.48. The Morgan fingerprint density at radius 3 is 2.50 bits per heavy atom. The van der Waals surface area contributed by atoms with Gasteiger partial charge in [0, 0.05) is 11.6 Å². The lowest BCUT2D eigenvalue weighted by Crippen LogP contribution is -2.15. The average Bonchev–Trinajstić information content (AvgIpc) is 2.22. The van der Waals surface area contributed by atoms with E-state index in [0.717, 1.165) is 16.3 Å². The first-order valence-electron chi connectivity index (χ1n) is 5.53. The third-order valence-corrected chi connectivity index (χ3v) is 2.93. The van der Waals surface area contributed by atoms with E-state index in [9.17, 15) is 4.79 Å². The van der Waals surface area contributed by atoms with Crippen LogP contribution < -0.4 is 5.56 Å². The normalized spacial score (nSPS) is 12.0. The van der Waals surface area contributed by atoms with Gasteiger partial charge in [0.25, 0.3) is 5.56 Å². The SMILES string of the molecule is Cc1c[nH]c(=O)c2cccc(C(C)(C)C)c12. The lowest BCUT2D eigenvalue weighted by molar-refractivity contribution is 0.595. The van der Waals surface area contributed by atoms with E-state index in [0.29, 0.717) is 0 Å². The van der Waals surface area contributed by atoms with E-state index in [4.69, 9.17) is 0 Å². The Morgan fingerprint density at radius 1 is 1.19 bits per heavy atom. The van der Waals surface area contributed by atoms with Crippen LogP contribution in [0.4, 0.5) is 0 Å². The molecule has 2 nitrogen and oxygen atoms in total. The molecule has 0 bridgehead atoms. The first-order valence-corrected chi connectivity index (χ1v) is 5.53. The number of aromatic nitrogens is 1. The number of hydrogen-bond donors (Lipinski definition) is 1. The molecule has 0 unspecified atom stereocenters. The maximum Gasteiger partial charge on any atom is 0.255 e. The van der Waals surface area contributed by atoms with Gasteiger partial charge in [-0.25, -0.2) is 0 Å². The van der Waals surface area contributed by atoms with Crippen LogP contribution in [0.2, 0.25) is 0 Å². The van der Waals surface area contributed by atoms with Crippen molar-refractivity contribution in [2.45, 2.75) is 33.1 Å². The van der Waals surface area contributed by atoms with Gasteiger partial charge in [0.2, 0.25) is 0 Å². The molecule has 16 heavy (non-hydrogen) atoms. The molecule has 1 heterocycles. The molecule has 0 aliphatic carbocycles. The van der Waals surface area contributed by atoms with Crippen molar-refractivity contribution in [2.75, 3.05) is 0 Å². The number of fused-ring (bicyclic) bond motifs is 1.